The largest absolute Gasteiger partial charge is 0.503 e. The quantitative estimate of drug-likeness (QED) is 0.638. The smallest absolute Gasteiger partial charge is 0.164 e. The molecule has 0 aromatic rings. The Morgan fingerprint density at radius 1 is 1.21 bits per heavy atom. The Balaban J connectivity index is -0.000000167. The summed E-state index contributed by atoms with van der Waals surface area (Å²) >= 11 is 0. The van der Waals surface area contributed by atoms with Gasteiger partial charge in [-0.15, -0.1) is 0 Å². The molecule has 0 aromatic heterocycles. The van der Waals surface area contributed by atoms with Gasteiger partial charge in [0.15, 0.2) is 11.9 Å². The van der Waals surface area contributed by atoms with Crippen molar-refractivity contribution >= 4 is 11.9 Å². The van der Waals surface area contributed by atoms with Gasteiger partial charge in [0.2, 0.25) is 0 Å². The maximum absolute atomic E-state index is 10.3. The standard InChI is InChI=1S/C7H10O4.3Y/c1-2-5(7(10)11)3-4-6(8)9;;;/h4H,2-3H2,1H3,(H,8,9)(H,10,11);;;/q-2;;;. The molecule has 4 nitrogen and oxygen atoms in total. The van der Waals surface area contributed by atoms with E-state index < -0.39 is 11.9 Å². The van der Waals surface area contributed by atoms with Crippen molar-refractivity contribution in [2.75, 3.05) is 0 Å². The number of aliphatic carboxylic acids is 2. The van der Waals surface area contributed by atoms with Crippen LogP contribution >= 0.6 is 0 Å². The van der Waals surface area contributed by atoms with E-state index in [0.29, 0.717) is 6.42 Å². The van der Waals surface area contributed by atoms with Gasteiger partial charge in [-0.2, -0.15) is 6.42 Å². The average Bonchev–Trinajstić information content (AvgIpc) is 1.87. The molecule has 0 amide bonds. The first-order valence-corrected chi connectivity index (χ1v) is 3.22. The molecule has 0 aliphatic rings. The average molecular weight is 425 g/mol. The van der Waals surface area contributed by atoms with Gasteiger partial charge >= 0.3 is 0 Å². The molecule has 0 saturated carbocycles. The van der Waals surface area contributed by atoms with Crippen LogP contribution in [0, 0.1) is 12.3 Å². The fourth-order valence-corrected chi connectivity index (χ4v) is 0.593. The second kappa shape index (κ2) is 15.0. The Hall–Kier alpha value is 1.99. The molecule has 73 valence electrons. The van der Waals surface area contributed by atoms with Crippen LogP contribution in [0.4, 0.5) is 0 Å². The maximum Gasteiger partial charge on any atom is 0.164 e. The van der Waals surface area contributed by atoms with Crippen LogP contribution < -0.4 is 0 Å². The van der Waals surface area contributed by atoms with Crippen LogP contribution in [0.2, 0.25) is 0 Å². The molecule has 0 saturated heterocycles. The summed E-state index contributed by atoms with van der Waals surface area (Å²) in [4.78, 5) is 20.3. The normalized spacial score (nSPS) is 6.93. The van der Waals surface area contributed by atoms with Crippen molar-refractivity contribution in [2.24, 2.45) is 0 Å². The van der Waals surface area contributed by atoms with Gasteiger partial charge in [0.05, 0.1) is 0 Å². The van der Waals surface area contributed by atoms with Crippen molar-refractivity contribution < 1.29 is 118 Å². The molecule has 14 heavy (non-hydrogen) atoms. The van der Waals surface area contributed by atoms with E-state index in [4.69, 9.17) is 10.2 Å². The maximum atomic E-state index is 10.3. The monoisotopic (exact) mass is 425 g/mol. The zero-order chi connectivity index (χ0) is 8.85. The fourth-order valence-electron chi connectivity index (χ4n) is 0.593. The van der Waals surface area contributed by atoms with Crippen molar-refractivity contribution in [3.63, 3.8) is 0 Å². The van der Waals surface area contributed by atoms with Gasteiger partial charge in [-0.3, -0.25) is 21.9 Å². The Morgan fingerprint density at radius 3 is 1.86 bits per heavy atom. The molecule has 0 heterocycles. The van der Waals surface area contributed by atoms with Crippen molar-refractivity contribution in [1.82, 2.24) is 0 Å². The fraction of sp³-hybridized carbons (Fsp3) is 0.429. The second-order valence-corrected chi connectivity index (χ2v) is 2.01. The second-order valence-electron chi connectivity index (χ2n) is 2.01. The van der Waals surface area contributed by atoms with Crippen molar-refractivity contribution in [3.05, 3.63) is 12.3 Å². The summed E-state index contributed by atoms with van der Waals surface area (Å²) in [7, 11) is 0. The first kappa shape index (κ1) is 25.0. The number of carboxylic acids is 2. The van der Waals surface area contributed by atoms with Crippen LogP contribution in [0.15, 0.2) is 0 Å². The summed E-state index contributed by atoms with van der Waals surface area (Å²) in [6.45, 7) is 1.68. The first-order chi connectivity index (χ1) is 5.07. The third-order valence-electron chi connectivity index (χ3n) is 1.25. The molecule has 2 N–H and O–H groups in total. The Bertz CT molecular complexity index is 163. The SMILES string of the molecule is CC[C-](C[CH-]C(=O)O)C(=O)O.[Y].[Y].[Y]. The van der Waals surface area contributed by atoms with Gasteiger partial charge in [0, 0.05) is 98.1 Å². The minimum atomic E-state index is -1.09. The predicted octanol–water partition coefficient (Wildman–Crippen LogP) is 0.727. The molecule has 0 aromatic carbocycles. The van der Waals surface area contributed by atoms with E-state index in [2.05, 4.69) is 0 Å². The molecule has 0 atom stereocenters. The molecular weight excluding hydrogens is 415 g/mol. The van der Waals surface area contributed by atoms with Crippen LogP contribution in [0.3, 0.4) is 0 Å². The summed E-state index contributed by atoms with van der Waals surface area (Å²) in [5, 5.41) is 16.6. The third-order valence-corrected chi connectivity index (χ3v) is 1.25. The molecule has 0 fully saturated rings. The number of carboxylic acid groups (broad SMARTS) is 2. The summed E-state index contributed by atoms with van der Waals surface area (Å²) in [5.74, 6) is -1.89. The van der Waals surface area contributed by atoms with E-state index >= 15 is 0 Å². The van der Waals surface area contributed by atoms with Crippen LogP contribution in [0.25, 0.3) is 0 Å². The zero-order valence-corrected chi connectivity index (χ0v) is 16.4. The van der Waals surface area contributed by atoms with Crippen LogP contribution in [0.5, 0.6) is 0 Å². The van der Waals surface area contributed by atoms with E-state index in [1.807, 2.05) is 0 Å². The van der Waals surface area contributed by atoms with Crippen molar-refractivity contribution in [2.45, 2.75) is 19.8 Å². The van der Waals surface area contributed by atoms with Gasteiger partial charge in [0.1, 0.15) is 0 Å². The van der Waals surface area contributed by atoms with Gasteiger partial charge < -0.3 is 16.6 Å². The number of hydrogen-bond donors (Lipinski definition) is 2. The Morgan fingerprint density at radius 2 is 1.64 bits per heavy atom. The summed E-state index contributed by atoms with van der Waals surface area (Å²) < 4.78 is 0. The molecule has 0 aliphatic heterocycles. The molecular formula is C7H10O4Y3-2. The van der Waals surface area contributed by atoms with Crippen LogP contribution in [0.1, 0.15) is 19.8 Å². The third kappa shape index (κ3) is 14.0. The van der Waals surface area contributed by atoms with E-state index in [-0.39, 0.29) is 110 Å². The number of rotatable bonds is 5. The van der Waals surface area contributed by atoms with Gasteiger partial charge in [-0.25, -0.2) is 0 Å². The zero-order valence-electron chi connectivity index (χ0n) is 7.93. The number of carbonyl (C=O) groups is 2. The minimum Gasteiger partial charge on any atom is -0.503 e. The molecule has 0 aliphatic carbocycles. The van der Waals surface area contributed by atoms with Gasteiger partial charge in [-0.05, 0) is 0 Å². The van der Waals surface area contributed by atoms with E-state index in [9.17, 15) is 9.59 Å². The summed E-state index contributed by atoms with van der Waals surface area (Å²) in [6.07, 6.45) is 1.33. The Labute approximate surface area is 159 Å². The Kier molecular flexibility index (Phi) is 26.8. The van der Waals surface area contributed by atoms with Gasteiger partial charge in [0.25, 0.3) is 0 Å². The minimum absolute atomic E-state index is 0. The molecule has 0 rings (SSSR count). The topological polar surface area (TPSA) is 74.6 Å². The molecule has 0 spiro atoms. The first-order valence-electron chi connectivity index (χ1n) is 3.22. The van der Waals surface area contributed by atoms with Gasteiger partial charge in [-0.1, -0.05) is 6.92 Å². The van der Waals surface area contributed by atoms with Crippen molar-refractivity contribution in [3.8, 4) is 0 Å². The van der Waals surface area contributed by atoms with Crippen LogP contribution in [-0.4, -0.2) is 22.2 Å². The molecule has 7 heteroatoms. The molecule has 0 unspecified atom stereocenters. The predicted molar refractivity (Wildman–Crippen MR) is 37.7 cm³/mol. The molecule has 3 radical (unpaired) electrons. The molecule has 0 bridgehead atoms. The van der Waals surface area contributed by atoms with E-state index in [1.54, 1.807) is 6.92 Å². The summed E-state index contributed by atoms with van der Waals surface area (Å²) in [5.41, 5.74) is 0. The van der Waals surface area contributed by atoms with E-state index in [0.717, 1.165) is 6.42 Å². The van der Waals surface area contributed by atoms with E-state index in [1.165, 1.54) is 0 Å². The summed E-state index contributed by atoms with van der Waals surface area (Å²) in [6, 6.07) is 0. The van der Waals surface area contributed by atoms with Crippen LogP contribution in [-0.2, 0) is 108 Å². The van der Waals surface area contributed by atoms with Crippen molar-refractivity contribution in [1.29, 1.82) is 0 Å². The number of hydrogen-bond acceptors (Lipinski definition) is 2.